The van der Waals surface area contributed by atoms with Gasteiger partial charge >= 0.3 is 0 Å². The van der Waals surface area contributed by atoms with Crippen molar-refractivity contribution >= 4 is 5.96 Å². The molecule has 0 amide bonds. The van der Waals surface area contributed by atoms with Crippen LogP contribution in [0.25, 0.3) is 0 Å². The van der Waals surface area contributed by atoms with Gasteiger partial charge in [0.15, 0.2) is 17.5 Å². The van der Waals surface area contributed by atoms with Gasteiger partial charge in [-0.15, -0.1) is 0 Å². The average Bonchev–Trinajstić information content (AvgIpc) is 2.68. The highest BCUT2D eigenvalue weighted by molar-refractivity contribution is 5.79. The summed E-state index contributed by atoms with van der Waals surface area (Å²) in [6.07, 6.45) is 0. The molecule has 6 nitrogen and oxygen atoms in total. The molecule has 2 aromatic carbocycles. The predicted molar refractivity (Wildman–Crippen MR) is 104 cm³/mol. The highest BCUT2D eigenvalue weighted by Gasteiger charge is 2.05. The number of aliphatic imine (C=N–C) groups is 1. The molecule has 0 radical (unpaired) electrons. The fourth-order valence-electron chi connectivity index (χ4n) is 2.45. The van der Waals surface area contributed by atoms with E-state index in [9.17, 15) is 0 Å². The molecule has 6 heteroatoms. The lowest BCUT2D eigenvalue weighted by Gasteiger charge is -2.14. The van der Waals surface area contributed by atoms with Crippen LogP contribution in [-0.2, 0) is 6.54 Å². The number of nitrogens with zero attached hydrogens (tertiary/aromatic N) is 1. The lowest BCUT2D eigenvalue weighted by Crippen LogP contribution is -2.38. The van der Waals surface area contributed by atoms with Crippen LogP contribution in [0.1, 0.15) is 11.1 Å². The lowest BCUT2D eigenvalue weighted by molar-refractivity contribution is 0.320. The van der Waals surface area contributed by atoms with Gasteiger partial charge in [0.05, 0.1) is 20.8 Å². The van der Waals surface area contributed by atoms with E-state index < -0.39 is 0 Å². The summed E-state index contributed by atoms with van der Waals surface area (Å²) >= 11 is 0. The Bertz CT molecular complexity index is 732. The van der Waals surface area contributed by atoms with E-state index in [1.165, 1.54) is 0 Å². The fourth-order valence-corrected chi connectivity index (χ4v) is 2.45. The maximum atomic E-state index is 5.77. The van der Waals surface area contributed by atoms with Gasteiger partial charge in [-0.3, -0.25) is 4.99 Å². The molecule has 0 fully saturated rings. The normalized spacial score (nSPS) is 11.0. The SMILES string of the molecule is CN=C(NCCOc1ccccc1C)NCc1ccc(OC)c(OC)c1. The first-order chi connectivity index (χ1) is 12.7. The maximum absolute atomic E-state index is 5.77. The van der Waals surface area contributed by atoms with Crippen molar-refractivity contribution in [1.29, 1.82) is 0 Å². The minimum atomic E-state index is 0.557. The summed E-state index contributed by atoms with van der Waals surface area (Å²) in [5, 5.41) is 6.51. The smallest absolute Gasteiger partial charge is 0.191 e. The minimum absolute atomic E-state index is 0.557. The second-order valence-corrected chi connectivity index (χ2v) is 5.66. The molecule has 2 rings (SSSR count). The van der Waals surface area contributed by atoms with Crippen molar-refractivity contribution < 1.29 is 14.2 Å². The summed E-state index contributed by atoms with van der Waals surface area (Å²) in [5.74, 6) is 3.05. The molecule has 0 aliphatic rings. The summed E-state index contributed by atoms with van der Waals surface area (Å²) in [4.78, 5) is 4.22. The summed E-state index contributed by atoms with van der Waals surface area (Å²) in [5.41, 5.74) is 2.20. The number of hydrogen-bond acceptors (Lipinski definition) is 4. The molecule has 0 spiro atoms. The van der Waals surface area contributed by atoms with Crippen LogP contribution in [0.2, 0.25) is 0 Å². The summed E-state index contributed by atoms with van der Waals surface area (Å²) in [6.45, 7) is 3.87. The number of nitrogens with one attached hydrogen (secondary N) is 2. The number of rotatable bonds is 8. The molecule has 0 aromatic heterocycles. The number of hydrogen-bond donors (Lipinski definition) is 2. The third kappa shape index (κ3) is 5.58. The standard InChI is InChI=1S/C20H27N3O3/c1-15-7-5-6-8-17(15)26-12-11-22-20(21-2)23-14-16-9-10-18(24-3)19(13-16)25-4/h5-10,13H,11-12,14H2,1-4H3,(H2,21,22,23). The zero-order valence-electron chi connectivity index (χ0n) is 15.8. The molecule has 26 heavy (non-hydrogen) atoms. The van der Waals surface area contributed by atoms with Gasteiger partial charge in [-0.2, -0.15) is 0 Å². The van der Waals surface area contributed by atoms with Crippen LogP contribution < -0.4 is 24.8 Å². The summed E-state index contributed by atoms with van der Waals surface area (Å²) < 4.78 is 16.4. The molecule has 2 N–H and O–H groups in total. The van der Waals surface area contributed by atoms with E-state index in [1.54, 1.807) is 21.3 Å². The second kappa shape index (κ2) is 10.2. The van der Waals surface area contributed by atoms with Crippen LogP contribution in [0.4, 0.5) is 0 Å². The van der Waals surface area contributed by atoms with Gasteiger partial charge in [0.1, 0.15) is 12.4 Å². The number of ether oxygens (including phenoxy) is 3. The van der Waals surface area contributed by atoms with E-state index in [2.05, 4.69) is 15.6 Å². The Labute approximate surface area is 155 Å². The van der Waals surface area contributed by atoms with Crippen LogP contribution >= 0.6 is 0 Å². The largest absolute Gasteiger partial charge is 0.493 e. The first-order valence-electron chi connectivity index (χ1n) is 8.51. The van der Waals surface area contributed by atoms with Crippen molar-refractivity contribution in [2.45, 2.75) is 13.5 Å². The molecule has 0 bridgehead atoms. The van der Waals surface area contributed by atoms with Crippen molar-refractivity contribution in [2.75, 3.05) is 34.4 Å². The third-order valence-corrected chi connectivity index (χ3v) is 3.88. The molecule has 0 aliphatic carbocycles. The molecule has 0 saturated carbocycles. The summed E-state index contributed by atoms with van der Waals surface area (Å²) in [6, 6.07) is 13.8. The fraction of sp³-hybridized carbons (Fsp3) is 0.350. The second-order valence-electron chi connectivity index (χ2n) is 5.66. The quantitative estimate of drug-likeness (QED) is 0.432. The van der Waals surface area contributed by atoms with Gasteiger partial charge in [-0.25, -0.2) is 0 Å². The van der Waals surface area contributed by atoms with Crippen LogP contribution in [0.3, 0.4) is 0 Å². The number of methoxy groups -OCH3 is 2. The van der Waals surface area contributed by atoms with Gasteiger partial charge in [0, 0.05) is 13.6 Å². The Morgan fingerprint density at radius 3 is 2.42 bits per heavy atom. The van der Waals surface area contributed by atoms with Gasteiger partial charge < -0.3 is 24.8 Å². The van der Waals surface area contributed by atoms with Gasteiger partial charge in [0.25, 0.3) is 0 Å². The number of para-hydroxylation sites is 1. The van der Waals surface area contributed by atoms with Crippen LogP contribution in [0, 0.1) is 6.92 Å². The van der Waals surface area contributed by atoms with E-state index >= 15 is 0 Å². The highest BCUT2D eigenvalue weighted by atomic mass is 16.5. The molecule has 0 atom stereocenters. The Morgan fingerprint density at radius 2 is 1.73 bits per heavy atom. The predicted octanol–water partition coefficient (Wildman–Crippen LogP) is 2.76. The Kier molecular flexibility index (Phi) is 7.61. The number of guanidine groups is 1. The first-order valence-corrected chi connectivity index (χ1v) is 8.51. The van der Waals surface area contributed by atoms with Gasteiger partial charge in [-0.1, -0.05) is 24.3 Å². The number of aryl methyl sites for hydroxylation is 1. The Morgan fingerprint density at radius 1 is 0.962 bits per heavy atom. The average molecular weight is 357 g/mol. The van der Waals surface area contributed by atoms with Crippen LogP contribution in [0.15, 0.2) is 47.5 Å². The lowest BCUT2D eigenvalue weighted by atomic mass is 10.2. The number of benzene rings is 2. The third-order valence-electron chi connectivity index (χ3n) is 3.88. The van der Waals surface area contributed by atoms with E-state index in [1.807, 2.05) is 49.4 Å². The van der Waals surface area contributed by atoms with Crippen LogP contribution in [-0.4, -0.2) is 40.4 Å². The monoisotopic (exact) mass is 357 g/mol. The van der Waals surface area contributed by atoms with Crippen molar-refractivity contribution in [3.05, 3.63) is 53.6 Å². The maximum Gasteiger partial charge on any atom is 0.191 e. The summed E-state index contributed by atoms with van der Waals surface area (Å²) in [7, 11) is 5.00. The van der Waals surface area contributed by atoms with Crippen molar-refractivity contribution in [3.63, 3.8) is 0 Å². The minimum Gasteiger partial charge on any atom is -0.493 e. The topological polar surface area (TPSA) is 64.1 Å². The Hall–Kier alpha value is -2.89. The molecule has 0 saturated heterocycles. The first kappa shape index (κ1) is 19.4. The molecular formula is C20H27N3O3. The zero-order chi connectivity index (χ0) is 18.8. The molecule has 140 valence electrons. The van der Waals surface area contributed by atoms with Crippen LogP contribution in [0.5, 0.6) is 17.2 Å². The zero-order valence-corrected chi connectivity index (χ0v) is 15.8. The molecular weight excluding hydrogens is 330 g/mol. The van der Waals surface area contributed by atoms with E-state index in [0.717, 1.165) is 16.9 Å². The van der Waals surface area contributed by atoms with Crippen molar-refractivity contribution in [1.82, 2.24) is 10.6 Å². The molecule has 0 aliphatic heterocycles. The van der Waals surface area contributed by atoms with E-state index in [4.69, 9.17) is 14.2 Å². The molecule has 0 unspecified atom stereocenters. The van der Waals surface area contributed by atoms with Crippen molar-refractivity contribution in [2.24, 2.45) is 4.99 Å². The Balaban J connectivity index is 1.78. The van der Waals surface area contributed by atoms with Gasteiger partial charge in [0.2, 0.25) is 0 Å². The van der Waals surface area contributed by atoms with Gasteiger partial charge in [-0.05, 0) is 36.2 Å². The van der Waals surface area contributed by atoms with Crippen molar-refractivity contribution in [3.8, 4) is 17.2 Å². The molecule has 0 heterocycles. The highest BCUT2D eigenvalue weighted by Crippen LogP contribution is 2.27. The molecule has 2 aromatic rings. The van der Waals surface area contributed by atoms with E-state index in [0.29, 0.717) is 37.2 Å². The van der Waals surface area contributed by atoms with E-state index in [-0.39, 0.29) is 0 Å².